The van der Waals surface area contributed by atoms with Gasteiger partial charge >= 0.3 is 0 Å². The number of carbonyl (C=O) groups excluding carboxylic acids is 1. The highest BCUT2D eigenvalue weighted by molar-refractivity contribution is 7.91. The van der Waals surface area contributed by atoms with Crippen LogP contribution in [0, 0.1) is 0 Å². The number of nitrogens with zero attached hydrogens (tertiary/aromatic N) is 1. The minimum Gasteiger partial charge on any atom is -0.341 e. The number of hydrogen-bond donors (Lipinski definition) is 1. The molecule has 0 unspecified atom stereocenters. The molecule has 0 aromatic rings. The monoisotopic (exact) mass is 288 g/mol. The van der Waals surface area contributed by atoms with Gasteiger partial charge in [-0.15, -0.1) is 0 Å². The minimum absolute atomic E-state index is 0.0113. The number of amides is 1. The molecule has 1 amide bonds. The normalized spacial score (nSPS) is 29.8. The first-order valence-corrected chi connectivity index (χ1v) is 8.92. The van der Waals surface area contributed by atoms with Crippen LogP contribution < -0.4 is 5.73 Å². The molecular weight excluding hydrogens is 264 g/mol. The maximum Gasteiger partial charge on any atom is 0.224 e. The molecule has 0 spiro atoms. The summed E-state index contributed by atoms with van der Waals surface area (Å²) in [6.45, 7) is 0. The third-order valence-electron chi connectivity index (χ3n) is 4.71. The molecule has 0 aliphatic heterocycles. The Morgan fingerprint density at radius 2 is 1.95 bits per heavy atom. The number of nitrogens with two attached hydrogens (primary N) is 1. The fourth-order valence-corrected chi connectivity index (χ4v) is 4.75. The van der Waals surface area contributed by atoms with Gasteiger partial charge in [-0.2, -0.15) is 0 Å². The van der Waals surface area contributed by atoms with Crippen molar-refractivity contribution in [1.82, 2.24) is 4.90 Å². The average Bonchev–Trinajstić information content (AvgIpc) is 2.74. The predicted molar refractivity (Wildman–Crippen MR) is 74.4 cm³/mol. The zero-order valence-electron chi connectivity index (χ0n) is 11.8. The molecule has 110 valence electrons. The van der Waals surface area contributed by atoms with Crippen molar-refractivity contribution in [2.45, 2.75) is 61.8 Å². The second-order valence-electron chi connectivity index (χ2n) is 6.26. The zero-order valence-corrected chi connectivity index (χ0v) is 12.6. The number of hydrogen-bond acceptors (Lipinski definition) is 4. The third kappa shape index (κ3) is 3.11. The van der Waals surface area contributed by atoms with Crippen LogP contribution in [0.2, 0.25) is 0 Å². The van der Waals surface area contributed by atoms with Crippen LogP contribution in [0.1, 0.15) is 44.9 Å². The predicted octanol–water partition coefficient (Wildman–Crippen LogP) is 0.682. The van der Waals surface area contributed by atoms with E-state index < -0.39 is 15.1 Å². The van der Waals surface area contributed by atoms with E-state index in [1.807, 2.05) is 0 Å². The van der Waals surface area contributed by atoms with Crippen molar-refractivity contribution in [3.05, 3.63) is 0 Å². The Hall–Kier alpha value is -0.620. The first-order chi connectivity index (χ1) is 8.73. The molecule has 2 atom stereocenters. The SMILES string of the molecule is CN(C(=O)CC1(N)CCC1)[C@H]1CCC[C@H]1S(C)(=O)=O. The van der Waals surface area contributed by atoms with Gasteiger partial charge in [0.25, 0.3) is 0 Å². The van der Waals surface area contributed by atoms with Gasteiger partial charge in [-0.3, -0.25) is 4.79 Å². The molecule has 2 N–H and O–H groups in total. The van der Waals surface area contributed by atoms with Crippen LogP contribution in [0.5, 0.6) is 0 Å². The topological polar surface area (TPSA) is 80.5 Å². The largest absolute Gasteiger partial charge is 0.341 e. The molecule has 0 radical (unpaired) electrons. The smallest absolute Gasteiger partial charge is 0.224 e. The van der Waals surface area contributed by atoms with E-state index in [4.69, 9.17) is 5.73 Å². The zero-order chi connectivity index (χ0) is 14.3. The maximum absolute atomic E-state index is 12.3. The highest BCUT2D eigenvalue weighted by Gasteiger charge is 2.41. The molecule has 2 fully saturated rings. The summed E-state index contributed by atoms with van der Waals surface area (Å²) in [5, 5.41) is -0.406. The van der Waals surface area contributed by atoms with Gasteiger partial charge in [-0.05, 0) is 38.5 Å². The van der Waals surface area contributed by atoms with Gasteiger partial charge < -0.3 is 10.6 Å². The lowest BCUT2D eigenvalue weighted by Gasteiger charge is -2.39. The lowest BCUT2D eigenvalue weighted by atomic mass is 9.75. The summed E-state index contributed by atoms with van der Waals surface area (Å²) in [6.07, 6.45) is 6.80. The molecule has 0 saturated heterocycles. The molecule has 0 aromatic carbocycles. The summed E-state index contributed by atoms with van der Waals surface area (Å²) in [7, 11) is -1.37. The van der Waals surface area contributed by atoms with Gasteiger partial charge in [0.1, 0.15) is 0 Å². The molecule has 0 bridgehead atoms. The van der Waals surface area contributed by atoms with E-state index in [1.54, 1.807) is 11.9 Å². The summed E-state index contributed by atoms with van der Waals surface area (Å²) < 4.78 is 23.5. The van der Waals surface area contributed by atoms with Crippen LogP contribution in [0.25, 0.3) is 0 Å². The van der Waals surface area contributed by atoms with Gasteiger partial charge in [0.15, 0.2) is 9.84 Å². The second kappa shape index (κ2) is 5.05. The van der Waals surface area contributed by atoms with Crippen LogP contribution in [-0.2, 0) is 14.6 Å². The average molecular weight is 288 g/mol. The van der Waals surface area contributed by atoms with E-state index in [1.165, 1.54) is 6.26 Å². The highest BCUT2D eigenvalue weighted by Crippen LogP contribution is 2.34. The van der Waals surface area contributed by atoms with Gasteiger partial charge in [0.05, 0.1) is 5.25 Å². The summed E-state index contributed by atoms with van der Waals surface area (Å²) in [4.78, 5) is 13.9. The van der Waals surface area contributed by atoms with Gasteiger partial charge in [0, 0.05) is 31.3 Å². The van der Waals surface area contributed by atoms with Crippen molar-refractivity contribution >= 4 is 15.7 Å². The molecule has 2 aliphatic rings. The fraction of sp³-hybridized carbons (Fsp3) is 0.923. The maximum atomic E-state index is 12.3. The van der Waals surface area contributed by atoms with Crippen molar-refractivity contribution in [1.29, 1.82) is 0 Å². The van der Waals surface area contributed by atoms with Gasteiger partial charge in [0.2, 0.25) is 5.91 Å². The summed E-state index contributed by atoms with van der Waals surface area (Å²) in [5.74, 6) is -0.0113. The van der Waals surface area contributed by atoms with E-state index in [-0.39, 0.29) is 17.5 Å². The molecule has 2 rings (SSSR count). The van der Waals surface area contributed by atoms with E-state index in [2.05, 4.69) is 0 Å². The van der Waals surface area contributed by atoms with Crippen molar-refractivity contribution in [3.8, 4) is 0 Å². The Morgan fingerprint density at radius 1 is 1.32 bits per heavy atom. The van der Waals surface area contributed by atoms with Gasteiger partial charge in [-0.25, -0.2) is 8.42 Å². The lowest BCUT2D eigenvalue weighted by molar-refractivity contribution is -0.133. The number of carbonyl (C=O) groups is 1. The molecule has 0 heterocycles. The third-order valence-corrected chi connectivity index (χ3v) is 6.36. The molecule has 2 saturated carbocycles. The minimum atomic E-state index is -3.09. The standard InChI is InChI=1S/C13H24N2O3S/c1-15(12(16)9-13(14)7-4-8-13)10-5-3-6-11(10)19(2,17)18/h10-11H,3-9,14H2,1-2H3/t10-,11+/m0/s1. The van der Waals surface area contributed by atoms with E-state index in [0.717, 1.165) is 32.1 Å². The Kier molecular flexibility index (Phi) is 3.93. The first kappa shape index (κ1) is 14.8. The number of rotatable bonds is 4. The quantitative estimate of drug-likeness (QED) is 0.825. The first-order valence-electron chi connectivity index (χ1n) is 6.96. The van der Waals surface area contributed by atoms with Gasteiger partial charge in [-0.1, -0.05) is 0 Å². The summed E-state index contributed by atoms with van der Waals surface area (Å²) in [6, 6.07) is -0.175. The molecule has 19 heavy (non-hydrogen) atoms. The fourth-order valence-electron chi connectivity index (χ4n) is 3.27. The number of sulfone groups is 1. The van der Waals surface area contributed by atoms with E-state index >= 15 is 0 Å². The lowest BCUT2D eigenvalue weighted by Crippen LogP contribution is -2.52. The molecule has 0 aromatic heterocycles. The van der Waals surface area contributed by atoms with Crippen LogP contribution in [-0.4, -0.2) is 49.4 Å². The second-order valence-corrected chi connectivity index (χ2v) is 8.53. The molecule has 6 heteroatoms. The van der Waals surface area contributed by atoms with Crippen molar-refractivity contribution in [2.24, 2.45) is 5.73 Å². The summed E-state index contributed by atoms with van der Waals surface area (Å²) >= 11 is 0. The molecular formula is C13H24N2O3S. The van der Waals surface area contributed by atoms with Crippen LogP contribution in [0.4, 0.5) is 0 Å². The van der Waals surface area contributed by atoms with Crippen LogP contribution in [0.3, 0.4) is 0 Å². The molecule has 2 aliphatic carbocycles. The Labute approximate surface area is 115 Å². The van der Waals surface area contributed by atoms with Crippen molar-refractivity contribution in [3.63, 3.8) is 0 Å². The van der Waals surface area contributed by atoms with Crippen molar-refractivity contribution < 1.29 is 13.2 Å². The Balaban J connectivity index is 2.02. The highest BCUT2D eigenvalue weighted by atomic mass is 32.2. The molecule has 5 nitrogen and oxygen atoms in total. The van der Waals surface area contributed by atoms with Crippen LogP contribution in [0.15, 0.2) is 0 Å². The Morgan fingerprint density at radius 3 is 2.42 bits per heavy atom. The van der Waals surface area contributed by atoms with E-state index in [0.29, 0.717) is 12.8 Å². The van der Waals surface area contributed by atoms with Crippen LogP contribution >= 0.6 is 0 Å². The Bertz CT molecular complexity index is 457. The van der Waals surface area contributed by atoms with Crippen molar-refractivity contribution in [2.75, 3.05) is 13.3 Å². The van der Waals surface area contributed by atoms with E-state index in [9.17, 15) is 13.2 Å². The summed E-state index contributed by atoms with van der Waals surface area (Å²) in [5.41, 5.74) is 5.75.